The lowest BCUT2D eigenvalue weighted by molar-refractivity contribution is 0.665. The van der Waals surface area contributed by atoms with E-state index in [0.29, 0.717) is 0 Å². The average molecular weight is 357 g/mol. The lowest BCUT2D eigenvalue weighted by Gasteiger charge is -2.04. The lowest BCUT2D eigenvalue weighted by Crippen LogP contribution is -2.14. The van der Waals surface area contributed by atoms with Crippen LogP contribution in [0.5, 0.6) is 0 Å². The number of nitrogens with one attached hydrogen (secondary N) is 1. The van der Waals surface area contributed by atoms with Crippen LogP contribution in [0.15, 0.2) is 45.6 Å². The van der Waals surface area contributed by atoms with Gasteiger partial charge in [0.15, 0.2) is 0 Å². The van der Waals surface area contributed by atoms with Gasteiger partial charge in [-0.05, 0) is 56.1 Å². The minimum atomic E-state index is 0.730. The van der Waals surface area contributed by atoms with Crippen molar-refractivity contribution in [3.63, 3.8) is 0 Å². The van der Waals surface area contributed by atoms with Gasteiger partial charge in [0.2, 0.25) is 0 Å². The molecule has 3 nitrogen and oxygen atoms in total. The number of hydrogen-bond donors (Lipinski definition) is 1. The molecule has 1 N–H and O–H groups in total. The molecule has 0 aliphatic rings. The standard InChI is InChI=1S/C12H11Br2N3/c13-11-5-1-3-9(16-11)7-15-8-10-4-2-6-12(14)17-10/h1-6,15H,7-8H2. The molecule has 2 aromatic rings. The van der Waals surface area contributed by atoms with Crippen molar-refractivity contribution >= 4 is 31.9 Å². The van der Waals surface area contributed by atoms with E-state index in [4.69, 9.17) is 0 Å². The Balaban J connectivity index is 1.87. The van der Waals surface area contributed by atoms with Gasteiger partial charge in [-0.15, -0.1) is 0 Å². The second kappa shape index (κ2) is 6.23. The predicted molar refractivity (Wildman–Crippen MR) is 74.4 cm³/mol. The van der Waals surface area contributed by atoms with Gasteiger partial charge in [0.1, 0.15) is 9.21 Å². The third kappa shape index (κ3) is 4.18. The topological polar surface area (TPSA) is 37.8 Å². The van der Waals surface area contributed by atoms with Crippen LogP contribution < -0.4 is 5.32 Å². The van der Waals surface area contributed by atoms with Crippen molar-refractivity contribution in [2.75, 3.05) is 0 Å². The Labute approximate surface area is 117 Å². The summed E-state index contributed by atoms with van der Waals surface area (Å²) in [5.41, 5.74) is 2.02. The molecule has 0 aliphatic carbocycles. The van der Waals surface area contributed by atoms with E-state index in [1.54, 1.807) is 0 Å². The maximum atomic E-state index is 4.35. The second-order valence-electron chi connectivity index (χ2n) is 3.51. The molecule has 17 heavy (non-hydrogen) atoms. The van der Waals surface area contributed by atoms with Gasteiger partial charge in [0.05, 0.1) is 11.4 Å². The van der Waals surface area contributed by atoms with E-state index in [0.717, 1.165) is 33.7 Å². The first-order chi connectivity index (χ1) is 8.24. The summed E-state index contributed by atoms with van der Waals surface area (Å²) in [6.07, 6.45) is 0. The van der Waals surface area contributed by atoms with Gasteiger partial charge in [-0.1, -0.05) is 12.1 Å². The van der Waals surface area contributed by atoms with Gasteiger partial charge in [0.25, 0.3) is 0 Å². The molecule has 0 bridgehead atoms. The molecule has 0 amide bonds. The van der Waals surface area contributed by atoms with Crippen LogP contribution in [0.4, 0.5) is 0 Å². The highest BCUT2D eigenvalue weighted by atomic mass is 79.9. The number of rotatable bonds is 4. The molecule has 0 saturated carbocycles. The molecule has 0 radical (unpaired) electrons. The van der Waals surface area contributed by atoms with Gasteiger partial charge in [-0.3, -0.25) is 0 Å². The van der Waals surface area contributed by atoms with Crippen molar-refractivity contribution in [3.05, 3.63) is 57.0 Å². The molecule has 0 aromatic carbocycles. The zero-order valence-electron chi connectivity index (χ0n) is 9.03. The lowest BCUT2D eigenvalue weighted by atomic mass is 10.3. The molecule has 2 rings (SSSR count). The first-order valence-electron chi connectivity index (χ1n) is 5.17. The highest BCUT2D eigenvalue weighted by Gasteiger charge is 1.97. The fraction of sp³-hybridized carbons (Fsp3) is 0.167. The second-order valence-corrected chi connectivity index (χ2v) is 5.13. The molecule has 0 unspecified atom stereocenters. The number of hydrogen-bond acceptors (Lipinski definition) is 3. The van der Waals surface area contributed by atoms with Crippen molar-refractivity contribution in [1.82, 2.24) is 15.3 Å². The zero-order valence-corrected chi connectivity index (χ0v) is 12.2. The van der Waals surface area contributed by atoms with Crippen LogP contribution in [0.3, 0.4) is 0 Å². The molecule has 0 saturated heterocycles. The summed E-state index contributed by atoms with van der Waals surface area (Å²) < 4.78 is 1.72. The van der Waals surface area contributed by atoms with Crippen LogP contribution in [-0.2, 0) is 13.1 Å². The van der Waals surface area contributed by atoms with Crippen LogP contribution in [0, 0.1) is 0 Å². The SMILES string of the molecule is Brc1cccc(CNCc2cccc(Br)n2)n1. The van der Waals surface area contributed by atoms with Gasteiger partial charge >= 0.3 is 0 Å². The Kier molecular flexibility index (Phi) is 4.65. The summed E-state index contributed by atoms with van der Waals surface area (Å²) >= 11 is 6.70. The molecular weight excluding hydrogens is 346 g/mol. The van der Waals surface area contributed by atoms with Crippen LogP contribution in [0.25, 0.3) is 0 Å². The summed E-state index contributed by atoms with van der Waals surface area (Å²) in [6.45, 7) is 1.46. The fourth-order valence-corrected chi connectivity index (χ4v) is 2.18. The van der Waals surface area contributed by atoms with Crippen LogP contribution in [0.2, 0.25) is 0 Å². The normalized spacial score (nSPS) is 10.5. The minimum Gasteiger partial charge on any atom is -0.306 e. The van der Waals surface area contributed by atoms with Crippen molar-refractivity contribution in [2.45, 2.75) is 13.1 Å². The summed E-state index contributed by atoms with van der Waals surface area (Å²) in [5.74, 6) is 0. The molecular formula is C12H11Br2N3. The van der Waals surface area contributed by atoms with E-state index in [1.807, 2.05) is 36.4 Å². The van der Waals surface area contributed by atoms with E-state index in [9.17, 15) is 0 Å². The van der Waals surface area contributed by atoms with Crippen LogP contribution in [0.1, 0.15) is 11.4 Å². The van der Waals surface area contributed by atoms with Crippen LogP contribution in [-0.4, -0.2) is 9.97 Å². The predicted octanol–water partition coefficient (Wildman–Crippen LogP) is 3.29. The van der Waals surface area contributed by atoms with Crippen LogP contribution >= 0.6 is 31.9 Å². The van der Waals surface area contributed by atoms with E-state index in [2.05, 4.69) is 47.1 Å². The van der Waals surface area contributed by atoms with Gasteiger partial charge < -0.3 is 5.32 Å². The van der Waals surface area contributed by atoms with E-state index in [1.165, 1.54) is 0 Å². The highest BCUT2D eigenvalue weighted by molar-refractivity contribution is 9.10. The molecule has 2 aromatic heterocycles. The van der Waals surface area contributed by atoms with E-state index >= 15 is 0 Å². The van der Waals surface area contributed by atoms with Gasteiger partial charge in [-0.2, -0.15) is 0 Å². The third-order valence-corrected chi connectivity index (χ3v) is 3.04. The smallest absolute Gasteiger partial charge is 0.106 e. The monoisotopic (exact) mass is 355 g/mol. The highest BCUT2D eigenvalue weighted by Crippen LogP contribution is 2.07. The fourth-order valence-electron chi connectivity index (χ4n) is 1.42. The minimum absolute atomic E-state index is 0.730. The molecule has 0 fully saturated rings. The third-order valence-electron chi connectivity index (χ3n) is 2.16. The Morgan fingerprint density at radius 1 is 0.824 bits per heavy atom. The number of aromatic nitrogens is 2. The van der Waals surface area contributed by atoms with Gasteiger partial charge in [0, 0.05) is 13.1 Å². The molecule has 0 atom stereocenters. The van der Waals surface area contributed by atoms with Crippen molar-refractivity contribution < 1.29 is 0 Å². The van der Waals surface area contributed by atoms with Gasteiger partial charge in [-0.25, -0.2) is 9.97 Å². The first-order valence-corrected chi connectivity index (χ1v) is 6.76. The summed E-state index contributed by atoms with van der Waals surface area (Å²) in [7, 11) is 0. The summed E-state index contributed by atoms with van der Waals surface area (Å²) in [6, 6.07) is 11.8. The number of nitrogens with zero attached hydrogens (tertiary/aromatic N) is 2. The van der Waals surface area contributed by atoms with E-state index < -0.39 is 0 Å². The Morgan fingerprint density at radius 3 is 1.71 bits per heavy atom. The zero-order chi connectivity index (χ0) is 12.1. The number of halogens is 2. The van der Waals surface area contributed by atoms with Crippen molar-refractivity contribution in [3.8, 4) is 0 Å². The van der Waals surface area contributed by atoms with E-state index in [-0.39, 0.29) is 0 Å². The van der Waals surface area contributed by atoms with Crippen molar-refractivity contribution in [1.29, 1.82) is 0 Å². The molecule has 5 heteroatoms. The summed E-state index contributed by atoms with van der Waals surface area (Å²) in [4.78, 5) is 8.69. The summed E-state index contributed by atoms with van der Waals surface area (Å²) in [5, 5.41) is 3.31. The largest absolute Gasteiger partial charge is 0.306 e. The Morgan fingerprint density at radius 2 is 1.29 bits per heavy atom. The number of pyridine rings is 2. The molecule has 2 heterocycles. The quantitative estimate of drug-likeness (QED) is 0.854. The maximum absolute atomic E-state index is 4.35. The average Bonchev–Trinajstić information content (AvgIpc) is 2.29. The Hall–Kier alpha value is -0.780. The maximum Gasteiger partial charge on any atom is 0.106 e. The molecule has 0 aliphatic heterocycles. The first kappa shape index (κ1) is 12.7. The van der Waals surface area contributed by atoms with Crippen molar-refractivity contribution in [2.24, 2.45) is 0 Å². The Bertz CT molecular complexity index is 457. The molecule has 0 spiro atoms. The molecule has 88 valence electrons.